The fraction of sp³-hybridized carbons (Fsp3) is 0.378. The molecule has 1 aliphatic rings. The van der Waals surface area contributed by atoms with E-state index >= 15 is 0 Å². The number of allylic oxidation sites excluding steroid dienone is 2. The first kappa shape index (κ1) is 36.8. The van der Waals surface area contributed by atoms with E-state index in [-0.39, 0.29) is 21.1 Å². The zero-order chi connectivity index (χ0) is 35.1. The summed E-state index contributed by atoms with van der Waals surface area (Å²) in [7, 11) is 0. The number of aromatic nitrogens is 4. The third kappa shape index (κ3) is 6.99. The molecule has 1 unspecified atom stereocenters. The first-order valence-electron chi connectivity index (χ1n) is 18.6. The number of rotatable bonds is 10. The number of para-hydroxylation sites is 1. The molecule has 0 fully saturated rings. The topological polar surface area (TPSA) is 44.9 Å². The molecule has 51 heavy (non-hydrogen) atoms. The molecule has 7 rings (SSSR count). The third-order valence-electron chi connectivity index (χ3n) is 10.7. The smallest absolute Gasteiger partial charge is 0.509 e. The SMILES string of the molecule is CCCc1ccnc(-n2c3[c-]c(Oc4[c-]c(-n5nc(C)c(C6C(CC)=C[C@H](C)C[C@@H]6CC)c5C)cc(C(C)C)c4)ccc3c3ccccc32)c1.[Pt+2]. The molecule has 266 valence electrons. The van der Waals surface area contributed by atoms with Gasteiger partial charge in [0.15, 0.2) is 0 Å². The predicted molar refractivity (Wildman–Crippen MR) is 206 cm³/mol. The molecule has 0 N–H and O–H groups in total. The van der Waals surface area contributed by atoms with Gasteiger partial charge in [-0.25, -0.2) is 4.98 Å². The summed E-state index contributed by atoms with van der Waals surface area (Å²) < 4.78 is 11.0. The van der Waals surface area contributed by atoms with Crippen LogP contribution in [0.5, 0.6) is 11.5 Å². The molecule has 0 bridgehead atoms. The molecule has 0 saturated carbocycles. The number of hydrogen-bond acceptors (Lipinski definition) is 3. The van der Waals surface area contributed by atoms with E-state index in [1.165, 1.54) is 40.6 Å². The Morgan fingerprint density at radius 3 is 2.49 bits per heavy atom. The average molecular weight is 858 g/mol. The van der Waals surface area contributed by atoms with Crippen molar-refractivity contribution in [3.05, 3.63) is 119 Å². The number of aryl methyl sites for hydroxylation is 2. The summed E-state index contributed by atoms with van der Waals surface area (Å²) in [5, 5.41) is 7.46. The summed E-state index contributed by atoms with van der Waals surface area (Å²) in [6.07, 6.45) is 10.0. The van der Waals surface area contributed by atoms with E-state index in [2.05, 4.69) is 137 Å². The molecule has 0 spiro atoms. The van der Waals surface area contributed by atoms with Gasteiger partial charge >= 0.3 is 21.1 Å². The van der Waals surface area contributed by atoms with Gasteiger partial charge in [0.2, 0.25) is 0 Å². The Bertz CT molecular complexity index is 2210. The number of fused-ring (bicyclic) bond motifs is 3. The number of pyridine rings is 1. The van der Waals surface area contributed by atoms with Crippen LogP contribution in [0.4, 0.5) is 0 Å². The number of nitrogens with zero attached hydrogens (tertiary/aromatic N) is 4. The quantitative estimate of drug-likeness (QED) is 0.102. The zero-order valence-electron chi connectivity index (χ0n) is 31.3. The second-order valence-electron chi connectivity index (χ2n) is 14.6. The Labute approximate surface area is 318 Å². The van der Waals surface area contributed by atoms with Crippen LogP contribution in [0, 0.1) is 37.8 Å². The molecule has 6 aromatic rings. The first-order chi connectivity index (χ1) is 24.2. The fourth-order valence-electron chi connectivity index (χ4n) is 8.32. The van der Waals surface area contributed by atoms with Crippen molar-refractivity contribution in [2.24, 2.45) is 11.8 Å². The van der Waals surface area contributed by atoms with Crippen LogP contribution in [0.15, 0.2) is 78.5 Å². The second kappa shape index (κ2) is 15.3. The molecule has 3 aromatic heterocycles. The molecule has 3 atom stereocenters. The maximum Gasteiger partial charge on any atom is 2.00 e. The predicted octanol–water partition coefficient (Wildman–Crippen LogP) is 11.9. The minimum atomic E-state index is 0. The van der Waals surface area contributed by atoms with E-state index in [0.29, 0.717) is 35.2 Å². The molecule has 0 saturated heterocycles. The minimum Gasteiger partial charge on any atom is -0.509 e. The maximum absolute atomic E-state index is 6.67. The van der Waals surface area contributed by atoms with Crippen LogP contribution >= 0.6 is 0 Å². The normalized spacial score (nSPS) is 17.6. The van der Waals surface area contributed by atoms with Crippen LogP contribution in [-0.4, -0.2) is 19.3 Å². The van der Waals surface area contributed by atoms with Crippen molar-refractivity contribution in [1.29, 1.82) is 0 Å². The Kier molecular flexibility index (Phi) is 11.1. The van der Waals surface area contributed by atoms with Crippen molar-refractivity contribution in [1.82, 2.24) is 19.3 Å². The van der Waals surface area contributed by atoms with Gasteiger partial charge in [0.05, 0.1) is 5.69 Å². The first-order valence-corrected chi connectivity index (χ1v) is 18.6. The van der Waals surface area contributed by atoms with Crippen LogP contribution in [0.2, 0.25) is 0 Å². The molecular weight excluding hydrogens is 808 g/mol. The van der Waals surface area contributed by atoms with E-state index in [1.807, 2.05) is 12.3 Å². The Morgan fingerprint density at radius 2 is 1.75 bits per heavy atom. The number of benzene rings is 3. The zero-order valence-corrected chi connectivity index (χ0v) is 33.6. The van der Waals surface area contributed by atoms with Crippen molar-refractivity contribution >= 4 is 21.8 Å². The summed E-state index contributed by atoms with van der Waals surface area (Å²) in [6, 6.07) is 28.5. The third-order valence-corrected chi connectivity index (χ3v) is 10.7. The summed E-state index contributed by atoms with van der Waals surface area (Å²) in [6.45, 7) is 18.1. The molecule has 5 nitrogen and oxygen atoms in total. The van der Waals surface area contributed by atoms with Crippen LogP contribution < -0.4 is 4.74 Å². The Balaban J connectivity index is 0.00000448. The monoisotopic (exact) mass is 857 g/mol. The summed E-state index contributed by atoms with van der Waals surface area (Å²) in [5.41, 5.74) is 10.7. The van der Waals surface area contributed by atoms with Crippen LogP contribution in [0.25, 0.3) is 33.3 Å². The molecular formula is C45H50N4OPt. The summed E-state index contributed by atoms with van der Waals surface area (Å²) in [5.74, 6) is 4.15. The summed E-state index contributed by atoms with van der Waals surface area (Å²) >= 11 is 0. The van der Waals surface area contributed by atoms with Crippen molar-refractivity contribution < 1.29 is 25.8 Å². The average Bonchev–Trinajstić information content (AvgIpc) is 3.60. The van der Waals surface area contributed by atoms with Gasteiger partial charge < -0.3 is 9.30 Å². The van der Waals surface area contributed by atoms with Crippen LogP contribution in [0.3, 0.4) is 0 Å². The van der Waals surface area contributed by atoms with Gasteiger partial charge in [-0.3, -0.25) is 4.68 Å². The van der Waals surface area contributed by atoms with E-state index in [9.17, 15) is 0 Å². The molecule has 0 radical (unpaired) electrons. The van der Waals surface area contributed by atoms with Gasteiger partial charge in [-0.1, -0.05) is 89.7 Å². The van der Waals surface area contributed by atoms with E-state index < -0.39 is 0 Å². The molecule has 1 aliphatic carbocycles. The van der Waals surface area contributed by atoms with Crippen molar-refractivity contribution in [3.63, 3.8) is 0 Å². The minimum absolute atomic E-state index is 0. The van der Waals surface area contributed by atoms with Crippen molar-refractivity contribution in [3.8, 4) is 23.0 Å². The Morgan fingerprint density at radius 1 is 0.941 bits per heavy atom. The van der Waals surface area contributed by atoms with E-state index in [4.69, 9.17) is 14.8 Å². The van der Waals surface area contributed by atoms with E-state index in [0.717, 1.165) is 52.9 Å². The number of hydrogen-bond donors (Lipinski definition) is 0. The number of ether oxygens (including phenoxy) is 1. The van der Waals surface area contributed by atoms with Crippen molar-refractivity contribution in [2.45, 2.75) is 99.3 Å². The Hall–Kier alpha value is -3.95. The van der Waals surface area contributed by atoms with Gasteiger partial charge in [-0.05, 0) is 85.7 Å². The van der Waals surface area contributed by atoms with Gasteiger partial charge in [-0.15, -0.1) is 41.3 Å². The van der Waals surface area contributed by atoms with Gasteiger partial charge in [0, 0.05) is 40.4 Å². The molecule has 0 aliphatic heterocycles. The molecule has 0 amide bonds. The fourth-order valence-corrected chi connectivity index (χ4v) is 8.32. The van der Waals surface area contributed by atoms with Crippen LogP contribution in [0.1, 0.15) is 107 Å². The largest absolute Gasteiger partial charge is 2.00 e. The van der Waals surface area contributed by atoms with E-state index in [1.54, 1.807) is 5.57 Å². The standard InChI is InChI=1S/C45H50N4O.Pt/c1-9-14-32-19-20-46-43(23-32)48-41-16-13-12-15-39(41)40-18-17-37(27-42(40)48)50-38-25-35(28(4)5)24-36(26-38)49-31(8)44(30(7)47-49)45-33(10-2)21-29(6)22-34(45)11-3;/h12-13,15-21,23-25,28-29,34,45H,9-11,14,22H2,1-8H3;/q-2;+2/t29-,34-,45?;/m0./s1. The second-order valence-corrected chi connectivity index (χ2v) is 14.6. The van der Waals surface area contributed by atoms with Gasteiger partial charge in [0.25, 0.3) is 0 Å². The van der Waals surface area contributed by atoms with Crippen LogP contribution in [-0.2, 0) is 27.5 Å². The maximum atomic E-state index is 6.67. The summed E-state index contributed by atoms with van der Waals surface area (Å²) in [4.78, 5) is 4.81. The van der Waals surface area contributed by atoms with Crippen molar-refractivity contribution in [2.75, 3.05) is 0 Å². The molecule has 6 heteroatoms. The van der Waals surface area contributed by atoms with Gasteiger partial charge in [0.1, 0.15) is 5.82 Å². The van der Waals surface area contributed by atoms with Gasteiger partial charge in [-0.2, -0.15) is 11.2 Å². The molecule has 3 aromatic carbocycles. The molecule has 3 heterocycles.